The lowest BCUT2D eigenvalue weighted by Crippen LogP contribution is -2.17. The molecule has 2 N–H and O–H groups in total. The van der Waals surface area contributed by atoms with E-state index in [0.717, 1.165) is 12.1 Å². The van der Waals surface area contributed by atoms with Gasteiger partial charge in [0.2, 0.25) is 5.82 Å². The average molecular weight is 304 g/mol. The summed E-state index contributed by atoms with van der Waals surface area (Å²) in [4.78, 5) is 24.1. The first-order valence-corrected chi connectivity index (χ1v) is 5.15. The van der Waals surface area contributed by atoms with Gasteiger partial charge >= 0.3 is 5.97 Å². The zero-order valence-corrected chi connectivity index (χ0v) is 9.64. The number of aromatic nitrogens is 1. The number of carbonyl (C=O) groups is 1. The molecule has 2 rings (SSSR count). The summed E-state index contributed by atoms with van der Waals surface area (Å²) in [6, 6.07) is 2.08. The van der Waals surface area contributed by atoms with E-state index in [1.54, 1.807) is 0 Å². The van der Waals surface area contributed by atoms with Crippen LogP contribution in [0.1, 0.15) is 10.4 Å². The van der Waals surface area contributed by atoms with Gasteiger partial charge in [0.1, 0.15) is 11.4 Å². The van der Waals surface area contributed by atoms with E-state index in [9.17, 15) is 18.4 Å². The lowest BCUT2D eigenvalue weighted by atomic mass is 10.1. The number of halogens is 3. The van der Waals surface area contributed by atoms with Gasteiger partial charge in [0.05, 0.1) is 9.99 Å². The highest BCUT2D eigenvalue weighted by Crippen LogP contribution is 2.27. The number of hydrogen-bond acceptors (Lipinski definition) is 2. The lowest BCUT2D eigenvalue weighted by molar-refractivity contribution is 0.0693. The molecule has 0 bridgehead atoms. The number of aromatic amines is 1. The largest absolute Gasteiger partial charge is 0.478 e. The summed E-state index contributed by atoms with van der Waals surface area (Å²) in [5.41, 5.74) is -2.07. The molecule has 0 spiro atoms. The molecular formula is C10H4BrF2NO3. The molecule has 1 aromatic carbocycles. The monoisotopic (exact) mass is 303 g/mol. The molecular weight excluding hydrogens is 300 g/mol. The van der Waals surface area contributed by atoms with Crippen molar-refractivity contribution in [3.05, 3.63) is 44.2 Å². The smallest absolute Gasteiger partial charge is 0.339 e. The SMILES string of the molecule is O=C(O)c1c(F)c(=O)[nH]c2c(Br)c(F)ccc12. The van der Waals surface area contributed by atoms with Gasteiger partial charge in [-0.05, 0) is 28.1 Å². The van der Waals surface area contributed by atoms with E-state index in [0.29, 0.717) is 0 Å². The van der Waals surface area contributed by atoms with Gasteiger partial charge in [0.15, 0.2) is 0 Å². The molecule has 0 unspecified atom stereocenters. The Morgan fingerprint density at radius 2 is 2.00 bits per heavy atom. The van der Waals surface area contributed by atoms with E-state index in [-0.39, 0.29) is 15.4 Å². The van der Waals surface area contributed by atoms with Crippen LogP contribution in [0.15, 0.2) is 21.4 Å². The van der Waals surface area contributed by atoms with E-state index >= 15 is 0 Å². The zero-order valence-electron chi connectivity index (χ0n) is 8.05. The second-order valence-electron chi connectivity index (χ2n) is 3.23. The maximum Gasteiger partial charge on any atom is 0.339 e. The van der Waals surface area contributed by atoms with Crippen molar-refractivity contribution in [2.75, 3.05) is 0 Å². The van der Waals surface area contributed by atoms with Crippen LogP contribution in [0.5, 0.6) is 0 Å². The average Bonchev–Trinajstić information content (AvgIpc) is 2.26. The number of carboxylic acid groups (broad SMARTS) is 1. The van der Waals surface area contributed by atoms with Crippen LogP contribution < -0.4 is 5.56 Å². The number of aromatic carboxylic acids is 1. The molecule has 0 aliphatic carbocycles. The van der Waals surface area contributed by atoms with Gasteiger partial charge in [-0.1, -0.05) is 0 Å². The number of benzene rings is 1. The van der Waals surface area contributed by atoms with Crippen LogP contribution in [0.2, 0.25) is 0 Å². The van der Waals surface area contributed by atoms with Gasteiger partial charge < -0.3 is 10.1 Å². The van der Waals surface area contributed by atoms with E-state index in [2.05, 4.69) is 20.9 Å². The van der Waals surface area contributed by atoms with E-state index in [4.69, 9.17) is 5.11 Å². The highest BCUT2D eigenvalue weighted by atomic mass is 79.9. The molecule has 0 saturated carbocycles. The van der Waals surface area contributed by atoms with Crippen LogP contribution in [0.3, 0.4) is 0 Å². The van der Waals surface area contributed by atoms with Crippen LogP contribution in [0, 0.1) is 11.6 Å². The predicted octanol–water partition coefficient (Wildman–Crippen LogP) is 2.27. The molecule has 0 atom stereocenters. The molecule has 0 aliphatic heterocycles. The number of H-pyrrole nitrogens is 1. The molecule has 1 aromatic heterocycles. The first-order valence-electron chi connectivity index (χ1n) is 4.36. The molecule has 7 heteroatoms. The molecule has 88 valence electrons. The summed E-state index contributed by atoms with van der Waals surface area (Å²) in [6.07, 6.45) is 0. The third kappa shape index (κ3) is 1.72. The standard InChI is InChI=1S/C10H4BrF2NO3/c11-6-4(12)2-1-3-5(10(16)17)7(13)9(15)14-8(3)6/h1-2H,(H,14,15)(H,16,17). The molecule has 0 amide bonds. The second kappa shape index (κ2) is 3.92. The molecule has 2 aromatic rings. The molecule has 0 saturated heterocycles. The Labute approximate surface area is 101 Å². The fourth-order valence-corrected chi connectivity index (χ4v) is 1.94. The minimum absolute atomic E-state index is 0.0807. The molecule has 17 heavy (non-hydrogen) atoms. The number of pyridine rings is 1. The minimum atomic E-state index is -1.59. The fraction of sp³-hybridized carbons (Fsp3) is 0. The van der Waals surface area contributed by atoms with Gasteiger partial charge in [0, 0.05) is 5.39 Å². The number of carboxylic acids is 1. The van der Waals surface area contributed by atoms with E-state index in [1.807, 2.05) is 0 Å². The Bertz CT molecular complexity index is 696. The third-order valence-electron chi connectivity index (χ3n) is 2.24. The van der Waals surface area contributed by atoms with Gasteiger partial charge in [-0.2, -0.15) is 4.39 Å². The number of hydrogen-bond donors (Lipinski definition) is 2. The van der Waals surface area contributed by atoms with Crippen molar-refractivity contribution >= 4 is 32.8 Å². The van der Waals surface area contributed by atoms with Crippen LogP contribution >= 0.6 is 15.9 Å². The number of nitrogens with one attached hydrogen (secondary N) is 1. The van der Waals surface area contributed by atoms with Crippen LogP contribution in [0.25, 0.3) is 10.9 Å². The number of fused-ring (bicyclic) bond motifs is 1. The summed E-state index contributed by atoms with van der Waals surface area (Å²) in [6.45, 7) is 0. The van der Waals surface area contributed by atoms with Crippen molar-refractivity contribution < 1.29 is 18.7 Å². The van der Waals surface area contributed by atoms with Gasteiger partial charge in [-0.25, -0.2) is 9.18 Å². The van der Waals surface area contributed by atoms with Crippen molar-refractivity contribution in [2.45, 2.75) is 0 Å². The lowest BCUT2D eigenvalue weighted by Gasteiger charge is -2.05. The Morgan fingerprint density at radius 3 is 2.59 bits per heavy atom. The molecule has 0 aliphatic rings. The van der Waals surface area contributed by atoms with Gasteiger partial charge in [-0.3, -0.25) is 4.79 Å². The summed E-state index contributed by atoms with van der Waals surface area (Å²) >= 11 is 2.86. The Kier molecular flexibility index (Phi) is 2.70. The summed E-state index contributed by atoms with van der Waals surface area (Å²) in [5.74, 6) is -3.67. The van der Waals surface area contributed by atoms with E-state index < -0.39 is 28.7 Å². The predicted molar refractivity (Wildman–Crippen MR) is 59.1 cm³/mol. The van der Waals surface area contributed by atoms with Crippen LogP contribution in [0.4, 0.5) is 8.78 Å². The fourth-order valence-electron chi connectivity index (χ4n) is 1.49. The minimum Gasteiger partial charge on any atom is -0.478 e. The van der Waals surface area contributed by atoms with Gasteiger partial charge in [-0.15, -0.1) is 0 Å². The normalized spacial score (nSPS) is 10.8. The highest BCUT2D eigenvalue weighted by molar-refractivity contribution is 9.10. The third-order valence-corrected chi connectivity index (χ3v) is 3.01. The maximum absolute atomic E-state index is 13.4. The first kappa shape index (κ1) is 11.7. The van der Waals surface area contributed by atoms with Crippen molar-refractivity contribution in [2.24, 2.45) is 0 Å². The quantitative estimate of drug-likeness (QED) is 0.849. The van der Waals surface area contributed by atoms with Crippen molar-refractivity contribution in [3.8, 4) is 0 Å². The van der Waals surface area contributed by atoms with Crippen molar-refractivity contribution in [3.63, 3.8) is 0 Å². The Balaban J connectivity index is 3.08. The molecule has 0 radical (unpaired) electrons. The summed E-state index contributed by atoms with van der Waals surface area (Å²) < 4.78 is 26.5. The Morgan fingerprint density at radius 1 is 1.35 bits per heavy atom. The second-order valence-corrected chi connectivity index (χ2v) is 4.03. The molecule has 0 fully saturated rings. The Hall–Kier alpha value is -1.76. The summed E-state index contributed by atoms with van der Waals surface area (Å²) in [5, 5.41) is 8.77. The van der Waals surface area contributed by atoms with Crippen LogP contribution in [-0.2, 0) is 0 Å². The topological polar surface area (TPSA) is 70.2 Å². The summed E-state index contributed by atoms with van der Waals surface area (Å²) in [7, 11) is 0. The molecule has 4 nitrogen and oxygen atoms in total. The maximum atomic E-state index is 13.4. The van der Waals surface area contributed by atoms with Crippen LogP contribution in [-0.4, -0.2) is 16.1 Å². The zero-order chi connectivity index (χ0) is 12.7. The molecule has 1 heterocycles. The van der Waals surface area contributed by atoms with E-state index in [1.165, 1.54) is 0 Å². The first-order chi connectivity index (χ1) is 7.93. The van der Waals surface area contributed by atoms with Gasteiger partial charge in [0.25, 0.3) is 5.56 Å². The van der Waals surface area contributed by atoms with Crippen molar-refractivity contribution in [1.29, 1.82) is 0 Å². The van der Waals surface area contributed by atoms with Crippen molar-refractivity contribution in [1.82, 2.24) is 4.98 Å². The highest BCUT2D eigenvalue weighted by Gasteiger charge is 2.20. The number of rotatable bonds is 1.